The van der Waals surface area contributed by atoms with E-state index in [4.69, 9.17) is 23.2 Å². The predicted octanol–water partition coefficient (Wildman–Crippen LogP) is 2.21. The third-order valence-electron chi connectivity index (χ3n) is 0.963. The average molecular weight is 180 g/mol. The highest BCUT2D eigenvalue weighted by Gasteiger charge is 1.98. The van der Waals surface area contributed by atoms with Crippen LogP contribution in [0.1, 0.15) is 0 Å². The number of hydrogen-bond donors (Lipinski definition) is 0. The number of halogens is 3. The Bertz CT molecular complexity index is 239. The zero-order valence-corrected chi connectivity index (χ0v) is 6.21. The Morgan fingerprint density at radius 3 is 2.40 bits per heavy atom. The summed E-state index contributed by atoms with van der Waals surface area (Å²) in [4.78, 5) is 0. The summed E-state index contributed by atoms with van der Waals surface area (Å²) in [5, 5.41) is 10.5. The van der Waals surface area contributed by atoms with Crippen LogP contribution in [-0.4, -0.2) is 0 Å². The van der Waals surface area contributed by atoms with Crippen LogP contribution in [0.4, 0.5) is 4.39 Å². The normalized spacial score (nSPS) is 9.90. The summed E-state index contributed by atoms with van der Waals surface area (Å²) in [5.74, 6) is -1.73. The van der Waals surface area contributed by atoms with Crippen LogP contribution in [-0.2, 0) is 0 Å². The summed E-state index contributed by atoms with van der Waals surface area (Å²) in [7, 11) is 0. The fourth-order valence-corrected chi connectivity index (χ4v) is 0.998. The van der Waals surface area contributed by atoms with Crippen molar-refractivity contribution in [1.29, 1.82) is 0 Å². The van der Waals surface area contributed by atoms with Gasteiger partial charge in [0.05, 0.1) is 0 Å². The number of rotatable bonds is 0. The molecule has 0 aliphatic heterocycles. The van der Waals surface area contributed by atoms with Gasteiger partial charge in [0.1, 0.15) is 5.82 Å². The lowest BCUT2D eigenvalue weighted by Gasteiger charge is -2.08. The second-order valence-electron chi connectivity index (χ2n) is 1.70. The van der Waals surface area contributed by atoms with Crippen LogP contribution in [0.25, 0.3) is 0 Å². The second-order valence-corrected chi connectivity index (χ2v) is 2.54. The maximum Gasteiger partial charge on any atom is 0.118 e. The van der Waals surface area contributed by atoms with E-state index >= 15 is 0 Å². The first-order valence-corrected chi connectivity index (χ1v) is 3.18. The van der Waals surface area contributed by atoms with Gasteiger partial charge in [-0.25, -0.2) is 4.39 Å². The Morgan fingerprint density at radius 2 is 1.90 bits per heavy atom. The van der Waals surface area contributed by atoms with Crippen LogP contribution >= 0.6 is 23.2 Å². The molecule has 0 unspecified atom stereocenters. The summed E-state index contributed by atoms with van der Waals surface area (Å²) in [5.41, 5.74) is 0. The molecule has 1 nitrogen and oxygen atoms in total. The van der Waals surface area contributed by atoms with E-state index in [0.29, 0.717) is 0 Å². The first-order valence-electron chi connectivity index (χ1n) is 2.43. The van der Waals surface area contributed by atoms with Crippen molar-refractivity contribution in [3.8, 4) is 5.75 Å². The molecular formula is C6H2Cl2FO-. The fourth-order valence-electron chi connectivity index (χ4n) is 0.529. The van der Waals surface area contributed by atoms with E-state index < -0.39 is 11.6 Å². The SMILES string of the molecule is [O-]c1c(F)cc(Cl)cc1Cl. The molecule has 0 bridgehead atoms. The van der Waals surface area contributed by atoms with E-state index in [1.54, 1.807) is 0 Å². The molecule has 1 aromatic carbocycles. The minimum atomic E-state index is -0.919. The molecule has 0 atom stereocenters. The Hall–Kier alpha value is -0.470. The van der Waals surface area contributed by atoms with Crippen LogP contribution in [0, 0.1) is 5.82 Å². The van der Waals surface area contributed by atoms with Crippen molar-refractivity contribution in [2.75, 3.05) is 0 Å². The molecule has 0 spiro atoms. The molecule has 0 fully saturated rings. The van der Waals surface area contributed by atoms with Gasteiger partial charge in [0.2, 0.25) is 0 Å². The van der Waals surface area contributed by atoms with E-state index in [1.165, 1.54) is 6.07 Å². The van der Waals surface area contributed by atoms with Crippen molar-refractivity contribution < 1.29 is 9.50 Å². The van der Waals surface area contributed by atoms with Crippen molar-refractivity contribution in [3.05, 3.63) is 28.0 Å². The standard InChI is InChI=1S/C6H3Cl2FO/c7-3-1-4(8)6(10)5(9)2-3/h1-2,10H/p-1. The van der Waals surface area contributed by atoms with E-state index in [2.05, 4.69) is 0 Å². The molecule has 54 valence electrons. The van der Waals surface area contributed by atoms with Crippen molar-refractivity contribution >= 4 is 23.2 Å². The van der Waals surface area contributed by atoms with Gasteiger partial charge in [0, 0.05) is 10.0 Å². The van der Waals surface area contributed by atoms with Gasteiger partial charge >= 0.3 is 0 Å². The Balaban J connectivity index is 3.31. The quantitative estimate of drug-likeness (QED) is 0.600. The Kier molecular flexibility index (Phi) is 2.02. The number of hydrogen-bond acceptors (Lipinski definition) is 1. The highest BCUT2D eigenvalue weighted by molar-refractivity contribution is 6.35. The molecule has 0 amide bonds. The molecular weight excluding hydrogens is 178 g/mol. The molecule has 4 heteroatoms. The summed E-state index contributed by atoms with van der Waals surface area (Å²) < 4.78 is 12.4. The van der Waals surface area contributed by atoms with E-state index in [1.807, 2.05) is 0 Å². The molecule has 0 aliphatic carbocycles. The molecule has 0 saturated heterocycles. The van der Waals surface area contributed by atoms with E-state index in [-0.39, 0.29) is 10.0 Å². The lowest BCUT2D eigenvalue weighted by Crippen LogP contribution is -1.94. The van der Waals surface area contributed by atoms with Gasteiger partial charge in [-0.2, -0.15) is 0 Å². The minimum Gasteiger partial charge on any atom is -0.869 e. The fraction of sp³-hybridized carbons (Fsp3) is 0. The molecule has 0 N–H and O–H groups in total. The molecule has 1 aromatic rings. The largest absolute Gasteiger partial charge is 0.869 e. The monoisotopic (exact) mass is 179 g/mol. The highest BCUT2D eigenvalue weighted by atomic mass is 35.5. The second kappa shape index (κ2) is 2.64. The summed E-state index contributed by atoms with van der Waals surface area (Å²) in [6, 6.07) is 2.13. The van der Waals surface area contributed by atoms with Crippen molar-refractivity contribution in [1.82, 2.24) is 0 Å². The maximum atomic E-state index is 12.4. The third-order valence-corrected chi connectivity index (χ3v) is 1.46. The molecule has 0 saturated carbocycles. The van der Waals surface area contributed by atoms with Crippen LogP contribution in [0.5, 0.6) is 5.75 Å². The zero-order valence-electron chi connectivity index (χ0n) is 4.70. The van der Waals surface area contributed by atoms with Gasteiger partial charge in [-0.05, 0) is 12.1 Å². The first kappa shape index (κ1) is 7.63. The van der Waals surface area contributed by atoms with E-state index in [0.717, 1.165) is 6.07 Å². The Labute approximate surface area is 67.0 Å². The molecule has 0 radical (unpaired) electrons. The van der Waals surface area contributed by atoms with Gasteiger partial charge in [-0.15, -0.1) is 0 Å². The Morgan fingerprint density at radius 1 is 1.30 bits per heavy atom. The molecule has 0 aliphatic rings. The van der Waals surface area contributed by atoms with Crippen molar-refractivity contribution in [2.45, 2.75) is 0 Å². The summed E-state index contributed by atoms with van der Waals surface area (Å²) >= 11 is 10.6. The average Bonchev–Trinajstić information content (AvgIpc) is 1.82. The number of benzene rings is 1. The minimum absolute atomic E-state index is 0.127. The zero-order chi connectivity index (χ0) is 7.72. The first-order chi connectivity index (χ1) is 4.61. The lowest BCUT2D eigenvalue weighted by molar-refractivity contribution is -0.272. The van der Waals surface area contributed by atoms with Crippen LogP contribution in [0.3, 0.4) is 0 Å². The molecule has 10 heavy (non-hydrogen) atoms. The van der Waals surface area contributed by atoms with Gasteiger partial charge in [0.15, 0.2) is 0 Å². The van der Waals surface area contributed by atoms with Crippen LogP contribution in [0.15, 0.2) is 12.1 Å². The van der Waals surface area contributed by atoms with Gasteiger partial charge in [0.25, 0.3) is 0 Å². The lowest BCUT2D eigenvalue weighted by atomic mass is 10.3. The van der Waals surface area contributed by atoms with Gasteiger partial charge in [-0.3, -0.25) is 0 Å². The molecule has 1 rings (SSSR count). The molecule has 0 aromatic heterocycles. The smallest absolute Gasteiger partial charge is 0.118 e. The van der Waals surface area contributed by atoms with Crippen LogP contribution in [0.2, 0.25) is 10.0 Å². The highest BCUT2D eigenvalue weighted by Crippen LogP contribution is 2.27. The predicted molar refractivity (Wildman–Crippen MR) is 35.9 cm³/mol. The summed E-state index contributed by atoms with van der Waals surface area (Å²) in [6.07, 6.45) is 0. The topological polar surface area (TPSA) is 23.1 Å². The molecule has 0 heterocycles. The van der Waals surface area contributed by atoms with Gasteiger partial charge < -0.3 is 5.11 Å². The van der Waals surface area contributed by atoms with E-state index in [9.17, 15) is 9.50 Å². The maximum absolute atomic E-state index is 12.4. The summed E-state index contributed by atoms with van der Waals surface area (Å²) in [6.45, 7) is 0. The third kappa shape index (κ3) is 1.33. The van der Waals surface area contributed by atoms with Crippen molar-refractivity contribution in [3.63, 3.8) is 0 Å². The van der Waals surface area contributed by atoms with Gasteiger partial charge in [-0.1, -0.05) is 29.0 Å². The van der Waals surface area contributed by atoms with Crippen molar-refractivity contribution in [2.24, 2.45) is 0 Å². The van der Waals surface area contributed by atoms with Crippen LogP contribution < -0.4 is 5.11 Å².